The molecule has 0 spiro atoms. The van der Waals surface area contributed by atoms with Crippen LogP contribution in [0.1, 0.15) is 18.3 Å². The number of hydrogen-bond donors (Lipinski definition) is 0. The average Bonchev–Trinajstić information content (AvgIpc) is 3.35. The van der Waals surface area contributed by atoms with Gasteiger partial charge in [-0.3, -0.25) is 4.79 Å². The molecule has 12 heteroatoms. The van der Waals surface area contributed by atoms with E-state index in [0.717, 1.165) is 11.0 Å². The van der Waals surface area contributed by atoms with E-state index in [4.69, 9.17) is 16.3 Å². The number of aromatic nitrogens is 4. The first kappa shape index (κ1) is 28.1. The van der Waals surface area contributed by atoms with E-state index in [-0.39, 0.29) is 13.2 Å². The zero-order valence-electron chi connectivity index (χ0n) is 22.3. The zero-order chi connectivity index (χ0) is 29.5. The molecule has 0 amide bonds. The fourth-order valence-electron chi connectivity index (χ4n) is 4.94. The van der Waals surface area contributed by atoms with Crippen LogP contribution in [-0.2, 0) is 17.9 Å². The van der Waals surface area contributed by atoms with Crippen LogP contribution in [0.3, 0.4) is 0 Å². The number of likely N-dealkylation sites (N-methyl/N-ethyl adjacent to an activating group) is 1. The van der Waals surface area contributed by atoms with E-state index in [1.54, 1.807) is 60.0 Å². The summed E-state index contributed by atoms with van der Waals surface area (Å²) in [5.41, 5.74) is 2.13. The van der Waals surface area contributed by atoms with Gasteiger partial charge >= 0.3 is 6.18 Å². The first-order chi connectivity index (χ1) is 19.5. The van der Waals surface area contributed by atoms with Gasteiger partial charge in [-0.25, -0.2) is 9.20 Å². The first-order valence-corrected chi connectivity index (χ1v) is 12.9. The molecule has 210 valence electrons. The molecule has 2 aromatic heterocycles. The summed E-state index contributed by atoms with van der Waals surface area (Å²) in [7, 11) is 2.86. The van der Waals surface area contributed by atoms with E-state index >= 15 is 0 Å². The van der Waals surface area contributed by atoms with Crippen LogP contribution in [0.4, 0.5) is 13.2 Å². The van der Waals surface area contributed by atoms with Crippen LogP contribution in [0, 0.1) is 11.3 Å². The predicted molar refractivity (Wildman–Crippen MR) is 148 cm³/mol. The first-order valence-electron chi connectivity index (χ1n) is 12.5. The van der Waals surface area contributed by atoms with Gasteiger partial charge in [0.25, 0.3) is 5.56 Å². The number of benzene rings is 2. The number of hydrogen-bond acceptors (Lipinski definition) is 6. The summed E-state index contributed by atoms with van der Waals surface area (Å²) in [5.74, 6) is 0.338. The third-order valence-electron chi connectivity index (χ3n) is 7.15. The lowest BCUT2D eigenvalue weighted by Gasteiger charge is -2.35. The highest BCUT2D eigenvalue weighted by molar-refractivity contribution is 6.30. The van der Waals surface area contributed by atoms with Crippen molar-refractivity contribution in [3.8, 4) is 28.3 Å². The highest BCUT2D eigenvalue weighted by Gasteiger charge is 2.39. The summed E-state index contributed by atoms with van der Waals surface area (Å²) in [6.07, 6.45) is -2.10. The standard InChI is InChI=1S/C29H24ClF3N6O2/c1-17-21(10-13-23(37(17)2)29(31,32)33)15-38-28(40)26(20-6-4-18(14-34)5-7-20)25(19-8-11-22(30)12-9-19)27-36-35-24(16-41-3)39(27)38/h4-13,17H,15-16H2,1-3H3. The Kier molecular flexibility index (Phi) is 7.46. The molecule has 4 aromatic rings. The van der Waals surface area contributed by atoms with Gasteiger partial charge in [-0.05, 0) is 54.0 Å². The van der Waals surface area contributed by atoms with Crippen LogP contribution in [0.25, 0.3) is 27.9 Å². The Morgan fingerprint density at radius 1 is 1.02 bits per heavy atom. The van der Waals surface area contributed by atoms with E-state index in [1.807, 2.05) is 0 Å². The maximum atomic E-state index is 14.5. The van der Waals surface area contributed by atoms with Gasteiger partial charge in [0.2, 0.25) is 0 Å². The number of alkyl halides is 3. The van der Waals surface area contributed by atoms with Crippen molar-refractivity contribution in [2.24, 2.45) is 0 Å². The van der Waals surface area contributed by atoms with Gasteiger partial charge in [-0.1, -0.05) is 41.9 Å². The SMILES string of the molecule is COCc1nnc2c(-c3ccc(Cl)cc3)c(-c3ccc(C#N)cc3)c(=O)n(CC3=CC=C(C(F)(F)F)N(C)C3C)n12. The van der Waals surface area contributed by atoms with Crippen molar-refractivity contribution in [1.29, 1.82) is 5.26 Å². The summed E-state index contributed by atoms with van der Waals surface area (Å²) in [4.78, 5) is 15.6. The molecule has 1 aliphatic rings. The number of rotatable bonds is 6. The van der Waals surface area contributed by atoms with Gasteiger partial charge in [0.1, 0.15) is 12.3 Å². The zero-order valence-corrected chi connectivity index (χ0v) is 23.0. The minimum absolute atomic E-state index is 0.0313. The molecule has 41 heavy (non-hydrogen) atoms. The van der Waals surface area contributed by atoms with Crippen LogP contribution in [-0.4, -0.2) is 50.7 Å². The number of nitrogens with zero attached hydrogens (tertiary/aromatic N) is 6. The quantitative estimate of drug-likeness (QED) is 0.295. The van der Waals surface area contributed by atoms with Crippen LogP contribution in [0.5, 0.6) is 0 Å². The van der Waals surface area contributed by atoms with Crippen molar-refractivity contribution in [3.05, 3.63) is 98.7 Å². The van der Waals surface area contributed by atoms with E-state index in [2.05, 4.69) is 16.3 Å². The van der Waals surface area contributed by atoms with Gasteiger partial charge in [0.15, 0.2) is 11.5 Å². The van der Waals surface area contributed by atoms with Crippen LogP contribution >= 0.6 is 11.6 Å². The largest absolute Gasteiger partial charge is 0.431 e. The summed E-state index contributed by atoms with van der Waals surface area (Å²) < 4.78 is 49.0. The Balaban J connectivity index is 1.82. The van der Waals surface area contributed by atoms with Gasteiger partial charge in [0, 0.05) is 30.8 Å². The molecule has 0 radical (unpaired) electrons. The molecule has 0 bridgehead atoms. The minimum Gasteiger partial charge on any atom is -0.377 e. The lowest BCUT2D eigenvalue weighted by Crippen LogP contribution is -2.40. The maximum absolute atomic E-state index is 14.5. The molecule has 0 saturated carbocycles. The number of methoxy groups -OCH3 is 1. The molecule has 2 aromatic carbocycles. The smallest absolute Gasteiger partial charge is 0.377 e. The molecule has 0 saturated heterocycles. The minimum atomic E-state index is -4.52. The van der Waals surface area contributed by atoms with Gasteiger partial charge in [-0.2, -0.15) is 18.4 Å². The molecule has 0 aliphatic carbocycles. The highest BCUT2D eigenvalue weighted by atomic mass is 35.5. The maximum Gasteiger partial charge on any atom is 0.431 e. The molecule has 1 aliphatic heterocycles. The number of fused-ring (bicyclic) bond motifs is 1. The third kappa shape index (κ3) is 5.12. The summed E-state index contributed by atoms with van der Waals surface area (Å²) in [6, 6.07) is 14.9. The Morgan fingerprint density at radius 3 is 2.27 bits per heavy atom. The number of allylic oxidation sites excluding steroid dienone is 3. The Morgan fingerprint density at radius 2 is 1.66 bits per heavy atom. The van der Waals surface area contributed by atoms with E-state index < -0.39 is 23.5 Å². The van der Waals surface area contributed by atoms with Crippen molar-refractivity contribution in [2.75, 3.05) is 14.2 Å². The monoisotopic (exact) mass is 580 g/mol. The highest BCUT2D eigenvalue weighted by Crippen LogP contribution is 2.36. The van der Waals surface area contributed by atoms with Crippen LogP contribution in [0.15, 0.2) is 76.7 Å². The predicted octanol–water partition coefficient (Wildman–Crippen LogP) is 5.60. The molecule has 5 rings (SSSR count). The molecular weight excluding hydrogens is 557 g/mol. The number of ether oxygens (including phenoxy) is 1. The molecular formula is C29H24ClF3N6O2. The fourth-order valence-corrected chi connectivity index (χ4v) is 5.07. The van der Waals surface area contributed by atoms with Gasteiger partial charge in [0.05, 0.1) is 23.7 Å². The van der Waals surface area contributed by atoms with Crippen molar-refractivity contribution >= 4 is 17.2 Å². The Bertz CT molecular complexity index is 1780. The number of halogens is 4. The molecule has 3 heterocycles. The second kappa shape index (κ2) is 10.9. The summed E-state index contributed by atoms with van der Waals surface area (Å²) in [5, 5.41) is 18.5. The normalized spacial score (nSPS) is 15.6. The lowest BCUT2D eigenvalue weighted by atomic mass is 9.95. The molecule has 8 nitrogen and oxygen atoms in total. The van der Waals surface area contributed by atoms with Crippen molar-refractivity contribution in [1.82, 2.24) is 24.3 Å². The van der Waals surface area contributed by atoms with Crippen LogP contribution < -0.4 is 5.56 Å². The number of nitriles is 1. The Labute approximate surface area is 238 Å². The molecule has 1 atom stereocenters. The molecule has 0 fully saturated rings. The summed E-state index contributed by atoms with van der Waals surface area (Å²) >= 11 is 6.15. The fraction of sp³-hybridized carbons (Fsp3) is 0.241. The van der Waals surface area contributed by atoms with E-state index in [9.17, 15) is 23.2 Å². The molecule has 1 unspecified atom stereocenters. The average molecular weight is 581 g/mol. The van der Waals surface area contributed by atoms with E-state index in [1.165, 1.54) is 24.9 Å². The van der Waals surface area contributed by atoms with Crippen LogP contribution in [0.2, 0.25) is 5.02 Å². The van der Waals surface area contributed by atoms with Crippen molar-refractivity contribution < 1.29 is 17.9 Å². The van der Waals surface area contributed by atoms with Gasteiger partial charge in [-0.15, -0.1) is 10.2 Å². The summed E-state index contributed by atoms with van der Waals surface area (Å²) in [6.45, 7) is 1.64. The van der Waals surface area contributed by atoms with Crippen molar-refractivity contribution in [2.45, 2.75) is 32.3 Å². The Hall–Kier alpha value is -4.40. The second-order valence-corrected chi connectivity index (χ2v) is 10.0. The van der Waals surface area contributed by atoms with Gasteiger partial charge < -0.3 is 9.64 Å². The third-order valence-corrected chi connectivity index (χ3v) is 7.41. The van der Waals surface area contributed by atoms with Crippen molar-refractivity contribution in [3.63, 3.8) is 0 Å². The topological polar surface area (TPSA) is 88.5 Å². The lowest BCUT2D eigenvalue weighted by molar-refractivity contribution is -0.111. The molecule has 0 N–H and O–H groups in total. The van der Waals surface area contributed by atoms with E-state index in [0.29, 0.717) is 49.9 Å². The second-order valence-electron chi connectivity index (χ2n) is 9.57.